The molecule has 0 bridgehead atoms. The third-order valence-electron chi connectivity index (χ3n) is 2.58. The number of benzene rings is 1. The molecule has 7 heteroatoms. The Morgan fingerprint density at radius 2 is 2.35 bits per heavy atom. The first-order valence-corrected chi connectivity index (χ1v) is 6.36. The standard InChI is InChI=1S/C10H12N2O4S/c1-16-6-5-11-7-17(15)10-8(11)3-2-4-9(10)12(13)14/h2-4H,5-7H2,1H3. The number of fused-ring (bicyclic) bond motifs is 1. The lowest BCUT2D eigenvalue weighted by atomic mass is 10.2. The zero-order chi connectivity index (χ0) is 12.4. The van der Waals surface area contributed by atoms with Crippen molar-refractivity contribution in [2.75, 3.05) is 31.0 Å². The minimum atomic E-state index is -1.33. The van der Waals surface area contributed by atoms with Gasteiger partial charge in [-0.3, -0.25) is 14.3 Å². The van der Waals surface area contributed by atoms with Gasteiger partial charge in [0.1, 0.15) is 4.90 Å². The maximum atomic E-state index is 11.9. The van der Waals surface area contributed by atoms with Crippen molar-refractivity contribution in [1.82, 2.24) is 0 Å². The third kappa shape index (κ3) is 2.16. The van der Waals surface area contributed by atoms with Crippen LogP contribution in [0.1, 0.15) is 0 Å². The summed E-state index contributed by atoms with van der Waals surface area (Å²) >= 11 is 0. The molecule has 0 fully saturated rings. The molecule has 1 aliphatic heterocycles. The summed E-state index contributed by atoms with van der Waals surface area (Å²) in [6.07, 6.45) is 0. The van der Waals surface area contributed by atoms with E-state index in [0.29, 0.717) is 29.6 Å². The van der Waals surface area contributed by atoms with Crippen LogP contribution >= 0.6 is 0 Å². The second-order valence-electron chi connectivity index (χ2n) is 3.61. The van der Waals surface area contributed by atoms with E-state index in [1.807, 2.05) is 4.90 Å². The van der Waals surface area contributed by atoms with Gasteiger partial charge in [0.25, 0.3) is 5.69 Å². The number of nitro benzene ring substituents is 1. The monoisotopic (exact) mass is 256 g/mol. The zero-order valence-corrected chi connectivity index (χ0v) is 10.1. The molecule has 17 heavy (non-hydrogen) atoms. The maximum Gasteiger partial charge on any atom is 0.287 e. The van der Waals surface area contributed by atoms with Crippen LogP contribution in [0.5, 0.6) is 0 Å². The van der Waals surface area contributed by atoms with Crippen molar-refractivity contribution >= 4 is 22.2 Å². The van der Waals surface area contributed by atoms with E-state index >= 15 is 0 Å². The average Bonchev–Trinajstić information content (AvgIpc) is 2.64. The van der Waals surface area contributed by atoms with E-state index in [-0.39, 0.29) is 5.69 Å². The van der Waals surface area contributed by atoms with Gasteiger partial charge in [-0.25, -0.2) is 0 Å². The number of rotatable bonds is 4. The van der Waals surface area contributed by atoms with Gasteiger partial charge >= 0.3 is 0 Å². The van der Waals surface area contributed by atoms with Crippen molar-refractivity contribution in [3.63, 3.8) is 0 Å². The van der Waals surface area contributed by atoms with Gasteiger partial charge in [0.05, 0.1) is 33.9 Å². The first kappa shape index (κ1) is 12.0. The van der Waals surface area contributed by atoms with Gasteiger partial charge in [-0.15, -0.1) is 0 Å². The molecule has 0 radical (unpaired) electrons. The predicted molar refractivity (Wildman–Crippen MR) is 63.6 cm³/mol. The van der Waals surface area contributed by atoms with Crippen LogP contribution in [0.2, 0.25) is 0 Å². The summed E-state index contributed by atoms with van der Waals surface area (Å²) in [5, 5.41) is 10.9. The molecule has 1 aliphatic rings. The molecule has 1 atom stereocenters. The molecule has 0 saturated heterocycles. The Labute approximate surface area is 101 Å². The van der Waals surface area contributed by atoms with Gasteiger partial charge in [0.15, 0.2) is 0 Å². The molecular weight excluding hydrogens is 244 g/mol. The second-order valence-corrected chi connectivity index (χ2v) is 4.97. The predicted octanol–water partition coefficient (Wildman–Crippen LogP) is 1.13. The largest absolute Gasteiger partial charge is 0.383 e. The molecule has 1 heterocycles. The van der Waals surface area contributed by atoms with E-state index < -0.39 is 15.7 Å². The lowest BCUT2D eigenvalue weighted by Crippen LogP contribution is -2.25. The van der Waals surface area contributed by atoms with Crippen LogP contribution in [-0.2, 0) is 15.5 Å². The fraction of sp³-hybridized carbons (Fsp3) is 0.400. The van der Waals surface area contributed by atoms with Crippen molar-refractivity contribution in [3.05, 3.63) is 28.3 Å². The molecule has 0 aliphatic carbocycles. The van der Waals surface area contributed by atoms with Crippen LogP contribution in [0.25, 0.3) is 0 Å². The molecular formula is C10H12N2O4S. The molecule has 1 unspecified atom stereocenters. The molecule has 0 spiro atoms. The fourth-order valence-electron chi connectivity index (χ4n) is 1.80. The first-order valence-electron chi connectivity index (χ1n) is 5.05. The first-order chi connectivity index (χ1) is 8.15. The van der Waals surface area contributed by atoms with Crippen molar-refractivity contribution in [1.29, 1.82) is 0 Å². The number of nitro groups is 1. The number of methoxy groups -OCH3 is 1. The summed E-state index contributed by atoms with van der Waals surface area (Å²) in [6.45, 7) is 1.08. The highest BCUT2D eigenvalue weighted by Gasteiger charge is 2.32. The quantitative estimate of drug-likeness (QED) is 0.596. The van der Waals surface area contributed by atoms with Gasteiger partial charge in [-0.1, -0.05) is 6.07 Å². The highest BCUT2D eigenvalue weighted by Crippen LogP contribution is 2.37. The number of nitrogens with zero attached hydrogens (tertiary/aromatic N) is 2. The van der Waals surface area contributed by atoms with Gasteiger partial charge in [-0.2, -0.15) is 0 Å². The summed E-state index contributed by atoms with van der Waals surface area (Å²) in [4.78, 5) is 12.5. The third-order valence-corrected chi connectivity index (χ3v) is 4.00. The smallest absolute Gasteiger partial charge is 0.287 e. The van der Waals surface area contributed by atoms with Crippen LogP contribution in [0.3, 0.4) is 0 Å². The van der Waals surface area contributed by atoms with Crippen molar-refractivity contribution in [2.24, 2.45) is 0 Å². The van der Waals surface area contributed by atoms with Crippen LogP contribution < -0.4 is 4.90 Å². The van der Waals surface area contributed by atoms with Gasteiger partial charge in [-0.05, 0) is 6.07 Å². The van der Waals surface area contributed by atoms with Crippen molar-refractivity contribution in [2.45, 2.75) is 4.90 Å². The average molecular weight is 256 g/mol. The number of ether oxygens (including phenoxy) is 1. The molecule has 1 aromatic rings. The van der Waals surface area contributed by atoms with E-state index in [9.17, 15) is 14.3 Å². The summed E-state index contributed by atoms with van der Waals surface area (Å²) in [5.74, 6) is 0.295. The zero-order valence-electron chi connectivity index (χ0n) is 9.29. The normalized spacial score (nSPS) is 18.2. The van der Waals surface area contributed by atoms with Crippen LogP contribution in [0.4, 0.5) is 11.4 Å². The minimum absolute atomic E-state index is 0.0687. The number of anilines is 1. The Morgan fingerprint density at radius 1 is 1.59 bits per heavy atom. The van der Waals surface area contributed by atoms with Crippen molar-refractivity contribution < 1.29 is 13.9 Å². The fourth-order valence-corrected chi connectivity index (χ4v) is 3.29. The Hall–Kier alpha value is -1.47. The Bertz CT molecular complexity index is 477. The molecule has 92 valence electrons. The summed E-state index contributed by atoms with van der Waals surface area (Å²) in [5.41, 5.74) is 0.607. The summed E-state index contributed by atoms with van der Waals surface area (Å²) in [6, 6.07) is 4.75. The SMILES string of the molecule is COCCN1CS(=O)c2c1cccc2[N+](=O)[O-]. The highest BCUT2D eigenvalue weighted by atomic mass is 32.2. The molecule has 0 N–H and O–H groups in total. The molecule has 1 aromatic carbocycles. The number of hydrogen-bond acceptors (Lipinski definition) is 5. The second kappa shape index (κ2) is 4.80. The summed E-state index contributed by atoms with van der Waals surface area (Å²) in [7, 11) is 0.250. The minimum Gasteiger partial charge on any atom is -0.383 e. The molecule has 0 saturated carbocycles. The van der Waals surface area contributed by atoms with Crippen LogP contribution in [0.15, 0.2) is 23.1 Å². The van der Waals surface area contributed by atoms with Gasteiger partial charge < -0.3 is 9.64 Å². The molecule has 0 aromatic heterocycles. The van der Waals surface area contributed by atoms with Crippen LogP contribution in [-0.4, -0.2) is 35.3 Å². The van der Waals surface area contributed by atoms with E-state index in [4.69, 9.17) is 4.74 Å². The van der Waals surface area contributed by atoms with E-state index in [2.05, 4.69) is 0 Å². The molecule has 6 nitrogen and oxygen atoms in total. The maximum absolute atomic E-state index is 11.9. The van der Waals surface area contributed by atoms with E-state index in [1.165, 1.54) is 6.07 Å². The summed E-state index contributed by atoms with van der Waals surface area (Å²) < 4.78 is 16.8. The lowest BCUT2D eigenvalue weighted by Gasteiger charge is -2.16. The molecule has 2 rings (SSSR count). The Morgan fingerprint density at radius 3 is 3.00 bits per heavy atom. The van der Waals surface area contributed by atoms with Gasteiger partial charge in [0.2, 0.25) is 0 Å². The number of hydrogen-bond donors (Lipinski definition) is 0. The van der Waals surface area contributed by atoms with Crippen molar-refractivity contribution in [3.8, 4) is 0 Å². The topological polar surface area (TPSA) is 72.7 Å². The lowest BCUT2D eigenvalue weighted by molar-refractivity contribution is -0.387. The Kier molecular flexibility index (Phi) is 3.39. The van der Waals surface area contributed by atoms with E-state index in [1.54, 1.807) is 19.2 Å². The Balaban J connectivity index is 2.39. The van der Waals surface area contributed by atoms with Gasteiger partial charge in [0, 0.05) is 19.7 Å². The molecule has 0 amide bonds. The highest BCUT2D eigenvalue weighted by molar-refractivity contribution is 7.85. The van der Waals surface area contributed by atoms with Crippen LogP contribution in [0, 0.1) is 10.1 Å². The van der Waals surface area contributed by atoms with E-state index in [0.717, 1.165) is 0 Å².